The van der Waals surface area contributed by atoms with Crippen LogP contribution >= 0.6 is 23.1 Å². The van der Waals surface area contributed by atoms with Crippen LogP contribution in [0.25, 0.3) is 10.2 Å². The molecular weight excluding hydrogens is 342 g/mol. The molecule has 0 aromatic carbocycles. The van der Waals surface area contributed by atoms with Crippen LogP contribution in [0.5, 0.6) is 0 Å². The molecule has 0 saturated carbocycles. The van der Waals surface area contributed by atoms with E-state index in [4.69, 9.17) is 19.4 Å². The van der Waals surface area contributed by atoms with Gasteiger partial charge in [0.25, 0.3) is 0 Å². The van der Waals surface area contributed by atoms with Gasteiger partial charge in [-0.15, -0.1) is 11.3 Å². The zero-order valence-corrected chi connectivity index (χ0v) is 16.1. The molecule has 2 aliphatic rings. The van der Waals surface area contributed by atoms with E-state index in [1.807, 2.05) is 6.26 Å². The molecule has 130 valence electrons. The molecule has 7 heteroatoms. The molecule has 2 aromatic heterocycles. The Morgan fingerprint density at radius 3 is 2.79 bits per heavy atom. The van der Waals surface area contributed by atoms with E-state index in [1.54, 1.807) is 23.1 Å². The van der Waals surface area contributed by atoms with E-state index in [0.29, 0.717) is 6.61 Å². The fourth-order valence-corrected chi connectivity index (χ4v) is 4.87. The summed E-state index contributed by atoms with van der Waals surface area (Å²) in [5, 5.41) is 2.10. The number of anilines is 1. The third-order valence-electron chi connectivity index (χ3n) is 5.04. The minimum absolute atomic E-state index is 0.0819. The Hall–Kier alpha value is -0.890. The highest BCUT2D eigenvalue weighted by molar-refractivity contribution is 7.98. The second kappa shape index (κ2) is 6.44. The summed E-state index contributed by atoms with van der Waals surface area (Å²) in [5.74, 6) is 1.09. The van der Waals surface area contributed by atoms with Gasteiger partial charge in [-0.25, -0.2) is 9.97 Å². The summed E-state index contributed by atoms with van der Waals surface area (Å²) < 4.78 is 11.7. The molecule has 4 rings (SSSR count). The maximum absolute atomic E-state index is 6.14. The van der Waals surface area contributed by atoms with Crippen molar-refractivity contribution in [3.05, 3.63) is 10.4 Å². The molecule has 1 fully saturated rings. The normalized spacial score (nSPS) is 24.4. The Balaban J connectivity index is 1.88. The van der Waals surface area contributed by atoms with E-state index in [0.717, 1.165) is 54.9 Å². The van der Waals surface area contributed by atoms with E-state index >= 15 is 0 Å². The lowest BCUT2D eigenvalue weighted by atomic mass is 9.90. The van der Waals surface area contributed by atoms with E-state index in [-0.39, 0.29) is 5.60 Å². The van der Waals surface area contributed by atoms with E-state index in [9.17, 15) is 0 Å². The molecule has 1 unspecified atom stereocenters. The fourth-order valence-electron chi connectivity index (χ4n) is 3.36. The molecule has 0 bridgehead atoms. The van der Waals surface area contributed by atoms with Crippen LogP contribution < -0.4 is 4.90 Å². The SMILES string of the molecule is CCC1(C)Cc2c(sc3nc(SC)nc(N4CCOCC4)c23)CO1. The summed E-state index contributed by atoms with van der Waals surface area (Å²) in [5.41, 5.74) is 1.32. The predicted octanol–water partition coefficient (Wildman–Crippen LogP) is 3.49. The molecular formula is C17H23N3O2S2. The van der Waals surface area contributed by atoms with Gasteiger partial charge in [0.2, 0.25) is 0 Å². The number of thioether (sulfide) groups is 1. The number of hydrogen-bond donors (Lipinski definition) is 0. The van der Waals surface area contributed by atoms with Crippen molar-refractivity contribution >= 4 is 39.1 Å². The molecule has 24 heavy (non-hydrogen) atoms. The number of fused-ring (bicyclic) bond motifs is 3. The van der Waals surface area contributed by atoms with Crippen molar-refractivity contribution in [3.63, 3.8) is 0 Å². The Morgan fingerprint density at radius 1 is 1.29 bits per heavy atom. The van der Waals surface area contributed by atoms with Crippen LogP contribution in [0.3, 0.4) is 0 Å². The average Bonchev–Trinajstić information content (AvgIpc) is 2.99. The number of nitrogens with zero attached hydrogens (tertiary/aromatic N) is 3. The molecule has 1 saturated heterocycles. The zero-order valence-electron chi connectivity index (χ0n) is 14.4. The Labute approximate surface area is 150 Å². The first-order valence-electron chi connectivity index (χ1n) is 8.46. The van der Waals surface area contributed by atoms with Crippen LogP contribution in [0.1, 0.15) is 30.7 Å². The van der Waals surface area contributed by atoms with Gasteiger partial charge in [-0.1, -0.05) is 18.7 Å². The number of ether oxygens (including phenoxy) is 2. The number of hydrogen-bond acceptors (Lipinski definition) is 7. The van der Waals surface area contributed by atoms with Crippen molar-refractivity contribution in [2.24, 2.45) is 0 Å². The third kappa shape index (κ3) is 2.81. The first-order chi connectivity index (χ1) is 11.6. The summed E-state index contributed by atoms with van der Waals surface area (Å²) in [4.78, 5) is 14.4. The van der Waals surface area contributed by atoms with Crippen molar-refractivity contribution in [2.75, 3.05) is 37.5 Å². The van der Waals surface area contributed by atoms with E-state index in [1.165, 1.54) is 15.8 Å². The van der Waals surface area contributed by atoms with Gasteiger partial charge in [0.15, 0.2) is 5.16 Å². The van der Waals surface area contributed by atoms with Crippen LogP contribution in [0.2, 0.25) is 0 Å². The summed E-state index contributed by atoms with van der Waals surface area (Å²) in [7, 11) is 0. The van der Waals surface area contributed by atoms with E-state index < -0.39 is 0 Å². The second-order valence-electron chi connectivity index (χ2n) is 6.59. The minimum Gasteiger partial charge on any atom is -0.378 e. The van der Waals surface area contributed by atoms with Gasteiger partial charge < -0.3 is 14.4 Å². The van der Waals surface area contributed by atoms with Crippen molar-refractivity contribution in [1.82, 2.24) is 9.97 Å². The van der Waals surface area contributed by atoms with Gasteiger partial charge >= 0.3 is 0 Å². The maximum Gasteiger partial charge on any atom is 0.190 e. The molecule has 2 aliphatic heterocycles. The summed E-state index contributed by atoms with van der Waals surface area (Å²) >= 11 is 3.38. The molecule has 5 nitrogen and oxygen atoms in total. The van der Waals surface area contributed by atoms with Crippen LogP contribution in [0.15, 0.2) is 5.16 Å². The standard InChI is InChI=1S/C17H23N3O2S2/c1-4-17(2)9-11-12(10-22-17)24-15-13(11)14(18-16(19-15)23-3)20-5-7-21-8-6-20/h4-10H2,1-3H3. The Morgan fingerprint density at radius 2 is 2.08 bits per heavy atom. The first-order valence-corrected chi connectivity index (χ1v) is 10.5. The molecule has 1 atom stereocenters. The summed E-state index contributed by atoms with van der Waals surface area (Å²) in [6, 6.07) is 0. The molecule has 0 amide bonds. The van der Waals surface area contributed by atoms with Gasteiger partial charge in [0.05, 0.1) is 30.8 Å². The van der Waals surface area contributed by atoms with Gasteiger partial charge in [-0.3, -0.25) is 0 Å². The molecule has 0 spiro atoms. The largest absolute Gasteiger partial charge is 0.378 e. The smallest absolute Gasteiger partial charge is 0.190 e. The average molecular weight is 366 g/mol. The quantitative estimate of drug-likeness (QED) is 0.613. The number of aromatic nitrogens is 2. The van der Waals surface area contributed by atoms with Crippen molar-refractivity contribution in [1.29, 1.82) is 0 Å². The van der Waals surface area contributed by atoms with Crippen molar-refractivity contribution < 1.29 is 9.47 Å². The number of thiophene rings is 1. The van der Waals surface area contributed by atoms with E-state index in [2.05, 4.69) is 18.7 Å². The maximum atomic E-state index is 6.14. The van der Waals surface area contributed by atoms with Gasteiger partial charge in [0.1, 0.15) is 10.6 Å². The Kier molecular flexibility index (Phi) is 4.45. The highest BCUT2D eigenvalue weighted by Crippen LogP contribution is 2.43. The molecule has 4 heterocycles. The van der Waals surface area contributed by atoms with Crippen LogP contribution in [-0.4, -0.2) is 48.1 Å². The van der Waals surface area contributed by atoms with Crippen molar-refractivity contribution in [3.8, 4) is 0 Å². The van der Waals surface area contributed by atoms with Crippen LogP contribution in [0.4, 0.5) is 5.82 Å². The Bertz CT molecular complexity index is 758. The lowest BCUT2D eigenvalue weighted by Crippen LogP contribution is -2.37. The lowest BCUT2D eigenvalue weighted by molar-refractivity contribution is -0.0543. The van der Waals surface area contributed by atoms with Crippen LogP contribution in [-0.2, 0) is 22.5 Å². The number of rotatable bonds is 3. The fraction of sp³-hybridized carbons (Fsp3) is 0.647. The van der Waals surface area contributed by atoms with Gasteiger partial charge in [-0.2, -0.15) is 0 Å². The third-order valence-corrected chi connectivity index (χ3v) is 6.69. The second-order valence-corrected chi connectivity index (χ2v) is 8.44. The summed E-state index contributed by atoms with van der Waals surface area (Å²) in [6.45, 7) is 8.43. The number of morpholine rings is 1. The molecule has 2 aromatic rings. The highest BCUT2D eigenvalue weighted by atomic mass is 32.2. The first kappa shape index (κ1) is 16.6. The van der Waals surface area contributed by atoms with Crippen LogP contribution in [0, 0.1) is 0 Å². The molecule has 0 aliphatic carbocycles. The van der Waals surface area contributed by atoms with Crippen molar-refractivity contribution in [2.45, 2.75) is 44.1 Å². The molecule has 0 N–H and O–H groups in total. The predicted molar refractivity (Wildman–Crippen MR) is 99.4 cm³/mol. The minimum atomic E-state index is -0.0819. The van der Waals surface area contributed by atoms with Gasteiger partial charge in [0, 0.05) is 24.4 Å². The van der Waals surface area contributed by atoms with Gasteiger partial charge in [-0.05, 0) is 25.2 Å². The molecule has 0 radical (unpaired) electrons. The highest BCUT2D eigenvalue weighted by Gasteiger charge is 2.34. The lowest BCUT2D eigenvalue weighted by Gasteiger charge is -2.34. The monoisotopic (exact) mass is 365 g/mol. The topological polar surface area (TPSA) is 47.5 Å². The zero-order chi connectivity index (χ0) is 16.7. The summed E-state index contributed by atoms with van der Waals surface area (Å²) in [6.07, 6.45) is 3.99.